The number of fused-ring (bicyclic) bond motifs is 1. The van der Waals surface area contributed by atoms with E-state index in [1.54, 1.807) is 0 Å². The summed E-state index contributed by atoms with van der Waals surface area (Å²) in [4.78, 5) is 18.3. The Kier molecular flexibility index (Phi) is 4.28. The molecule has 1 heterocycles. The molecule has 0 saturated heterocycles. The molecule has 5 heteroatoms. The highest BCUT2D eigenvalue weighted by atomic mass is 16.3. The van der Waals surface area contributed by atoms with Crippen LogP contribution in [0, 0.1) is 0 Å². The van der Waals surface area contributed by atoms with Crippen LogP contribution in [0.1, 0.15) is 15.9 Å². The number of hydrogen-bond acceptors (Lipinski definition) is 4. The molecule has 5 nitrogen and oxygen atoms in total. The number of nitrogens with one attached hydrogen (secondary N) is 1. The van der Waals surface area contributed by atoms with Crippen LogP contribution in [0.25, 0.3) is 11.1 Å². The standard InChI is InChI=1S/C18H19N3O2/c1-21(2)15-5-3-4-14(11-15)18(22)19-9-8-13-6-7-17-16(10-13)20-12-23-17/h3-7,10-12H,8-9H2,1-2H3,(H,19,22). The topological polar surface area (TPSA) is 58.4 Å². The molecule has 0 unspecified atom stereocenters. The van der Waals surface area contributed by atoms with Gasteiger partial charge in [0.2, 0.25) is 0 Å². The summed E-state index contributed by atoms with van der Waals surface area (Å²) in [6.45, 7) is 0.578. The number of carbonyl (C=O) groups excluding carboxylic acids is 1. The molecular weight excluding hydrogens is 290 g/mol. The number of anilines is 1. The smallest absolute Gasteiger partial charge is 0.251 e. The number of rotatable bonds is 5. The second-order valence-corrected chi connectivity index (χ2v) is 5.61. The Balaban J connectivity index is 1.59. The van der Waals surface area contributed by atoms with Gasteiger partial charge in [-0.05, 0) is 42.3 Å². The Morgan fingerprint density at radius 1 is 1.22 bits per heavy atom. The summed E-state index contributed by atoms with van der Waals surface area (Å²) < 4.78 is 5.22. The van der Waals surface area contributed by atoms with Crippen molar-refractivity contribution in [2.75, 3.05) is 25.5 Å². The van der Waals surface area contributed by atoms with E-state index in [1.165, 1.54) is 6.39 Å². The summed E-state index contributed by atoms with van der Waals surface area (Å²) in [6.07, 6.45) is 2.19. The molecule has 1 N–H and O–H groups in total. The molecule has 0 aliphatic rings. The average molecular weight is 309 g/mol. The zero-order valence-corrected chi connectivity index (χ0v) is 13.2. The van der Waals surface area contributed by atoms with Crippen molar-refractivity contribution < 1.29 is 9.21 Å². The van der Waals surface area contributed by atoms with Gasteiger partial charge in [-0.15, -0.1) is 0 Å². The number of carbonyl (C=O) groups is 1. The normalized spacial score (nSPS) is 10.7. The lowest BCUT2D eigenvalue weighted by atomic mass is 10.1. The Bertz CT molecular complexity index is 824. The first-order valence-corrected chi connectivity index (χ1v) is 7.51. The molecule has 0 aliphatic carbocycles. The highest BCUT2D eigenvalue weighted by molar-refractivity contribution is 5.95. The fourth-order valence-corrected chi connectivity index (χ4v) is 2.41. The zero-order chi connectivity index (χ0) is 16.2. The highest BCUT2D eigenvalue weighted by Gasteiger charge is 2.07. The molecule has 3 aromatic rings. The minimum Gasteiger partial charge on any atom is -0.443 e. The Labute approximate surface area is 134 Å². The Morgan fingerprint density at radius 3 is 2.91 bits per heavy atom. The van der Waals surface area contributed by atoms with Crippen molar-refractivity contribution in [3.63, 3.8) is 0 Å². The third-order valence-electron chi connectivity index (χ3n) is 3.72. The van der Waals surface area contributed by atoms with Gasteiger partial charge in [0.25, 0.3) is 5.91 Å². The summed E-state index contributed by atoms with van der Waals surface area (Å²) in [7, 11) is 3.91. The van der Waals surface area contributed by atoms with E-state index in [-0.39, 0.29) is 5.91 Å². The van der Waals surface area contributed by atoms with E-state index in [0.29, 0.717) is 12.1 Å². The number of aromatic nitrogens is 1. The van der Waals surface area contributed by atoms with Gasteiger partial charge in [0.15, 0.2) is 12.0 Å². The van der Waals surface area contributed by atoms with Crippen LogP contribution in [0.15, 0.2) is 53.3 Å². The second kappa shape index (κ2) is 6.52. The van der Waals surface area contributed by atoms with Crippen LogP contribution in [-0.2, 0) is 6.42 Å². The SMILES string of the molecule is CN(C)c1cccc(C(=O)NCCc2ccc3ocnc3c2)c1. The summed E-state index contributed by atoms with van der Waals surface area (Å²) >= 11 is 0. The van der Waals surface area contributed by atoms with Gasteiger partial charge in [0.1, 0.15) is 5.52 Å². The first-order chi connectivity index (χ1) is 11.1. The van der Waals surface area contributed by atoms with E-state index in [4.69, 9.17) is 4.42 Å². The number of hydrogen-bond donors (Lipinski definition) is 1. The molecule has 0 saturated carbocycles. The molecule has 0 aliphatic heterocycles. The maximum absolute atomic E-state index is 12.2. The van der Waals surface area contributed by atoms with Gasteiger partial charge in [-0.1, -0.05) is 12.1 Å². The van der Waals surface area contributed by atoms with Crippen molar-refractivity contribution >= 4 is 22.7 Å². The predicted molar refractivity (Wildman–Crippen MR) is 90.8 cm³/mol. The molecule has 23 heavy (non-hydrogen) atoms. The Hall–Kier alpha value is -2.82. The largest absolute Gasteiger partial charge is 0.443 e. The molecule has 0 atom stereocenters. The highest BCUT2D eigenvalue weighted by Crippen LogP contribution is 2.15. The minimum atomic E-state index is -0.0591. The lowest BCUT2D eigenvalue weighted by Crippen LogP contribution is -2.25. The zero-order valence-electron chi connectivity index (χ0n) is 13.2. The predicted octanol–water partition coefficient (Wildman–Crippen LogP) is 2.87. The van der Waals surface area contributed by atoms with E-state index in [1.807, 2.05) is 61.5 Å². The molecule has 0 radical (unpaired) electrons. The first kappa shape index (κ1) is 15.1. The van der Waals surface area contributed by atoms with Gasteiger partial charge >= 0.3 is 0 Å². The van der Waals surface area contributed by atoms with Crippen LogP contribution in [0.5, 0.6) is 0 Å². The van der Waals surface area contributed by atoms with Crippen LogP contribution in [0.3, 0.4) is 0 Å². The maximum atomic E-state index is 12.2. The molecule has 1 amide bonds. The van der Waals surface area contributed by atoms with Crippen molar-refractivity contribution in [2.24, 2.45) is 0 Å². The maximum Gasteiger partial charge on any atom is 0.251 e. The van der Waals surface area contributed by atoms with Gasteiger partial charge in [-0.25, -0.2) is 4.98 Å². The number of oxazole rings is 1. The van der Waals surface area contributed by atoms with Crippen molar-refractivity contribution in [3.05, 3.63) is 60.0 Å². The van der Waals surface area contributed by atoms with Gasteiger partial charge < -0.3 is 14.6 Å². The minimum absolute atomic E-state index is 0.0591. The molecule has 0 spiro atoms. The van der Waals surface area contributed by atoms with Gasteiger partial charge in [0, 0.05) is 31.9 Å². The first-order valence-electron chi connectivity index (χ1n) is 7.51. The average Bonchev–Trinajstić information content (AvgIpc) is 3.02. The van der Waals surface area contributed by atoms with E-state index >= 15 is 0 Å². The molecular formula is C18H19N3O2. The van der Waals surface area contributed by atoms with E-state index in [2.05, 4.69) is 10.3 Å². The van der Waals surface area contributed by atoms with E-state index in [0.717, 1.165) is 28.8 Å². The summed E-state index contributed by atoms with van der Waals surface area (Å²) in [5, 5.41) is 2.95. The van der Waals surface area contributed by atoms with Crippen molar-refractivity contribution in [2.45, 2.75) is 6.42 Å². The van der Waals surface area contributed by atoms with Gasteiger partial charge in [0.05, 0.1) is 0 Å². The molecule has 118 valence electrons. The molecule has 1 aromatic heterocycles. The van der Waals surface area contributed by atoms with Crippen LogP contribution >= 0.6 is 0 Å². The fourth-order valence-electron chi connectivity index (χ4n) is 2.41. The Morgan fingerprint density at radius 2 is 2.09 bits per heavy atom. The summed E-state index contributed by atoms with van der Waals surface area (Å²) in [5.74, 6) is -0.0591. The van der Waals surface area contributed by atoms with Gasteiger partial charge in [-0.2, -0.15) is 0 Å². The quantitative estimate of drug-likeness (QED) is 0.787. The van der Waals surface area contributed by atoms with Crippen molar-refractivity contribution in [1.29, 1.82) is 0 Å². The third-order valence-corrected chi connectivity index (χ3v) is 3.72. The van der Waals surface area contributed by atoms with Crippen molar-refractivity contribution in [1.82, 2.24) is 10.3 Å². The summed E-state index contributed by atoms with van der Waals surface area (Å²) in [6, 6.07) is 13.5. The van der Waals surface area contributed by atoms with Crippen LogP contribution in [0.4, 0.5) is 5.69 Å². The monoisotopic (exact) mass is 309 g/mol. The van der Waals surface area contributed by atoms with E-state index in [9.17, 15) is 4.79 Å². The molecule has 2 aromatic carbocycles. The number of amides is 1. The molecule has 0 bridgehead atoms. The summed E-state index contributed by atoms with van der Waals surface area (Å²) in [5.41, 5.74) is 4.41. The second-order valence-electron chi connectivity index (χ2n) is 5.61. The lowest BCUT2D eigenvalue weighted by Gasteiger charge is -2.13. The number of nitrogens with zero attached hydrogens (tertiary/aromatic N) is 2. The van der Waals surface area contributed by atoms with Crippen molar-refractivity contribution in [3.8, 4) is 0 Å². The number of benzene rings is 2. The van der Waals surface area contributed by atoms with E-state index < -0.39 is 0 Å². The lowest BCUT2D eigenvalue weighted by molar-refractivity contribution is 0.0954. The van der Waals surface area contributed by atoms with Crippen LogP contribution in [0.2, 0.25) is 0 Å². The molecule has 0 fully saturated rings. The third kappa shape index (κ3) is 3.51. The van der Waals surface area contributed by atoms with Gasteiger partial charge in [-0.3, -0.25) is 4.79 Å². The molecule has 3 rings (SSSR count). The van der Waals surface area contributed by atoms with Crippen LogP contribution < -0.4 is 10.2 Å². The fraction of sp³-hybridized carbons (Fsp3) is 0.222. The van der Waals surface area contributed by atoms with Crippen LogP contribution in [-0.4, -0.2) is 31.5 Å².